The predicted octanol–water partition coefficient (Wildman–Crippen LogP) is 5.46. The van der Waals surface area contributed by atoms with Crippen LogP contribution in [0.4, 0.5) is 0 Å². The van der Waals surface area contributed by atoms with E-state index in [1.807, 2.05) is 38.3 Å². The highest BCUT2D eigenvalue weighted by atomic mass is 32.1. The number of carbonyl (C=O) groups excluding carboxylic acids is 2. The number of aryl methyl sites for hydroxylation is 1. The molecule has 0 unspecified atom stereocenters. The molecule has 2 N–H and O–H groups in total. The van der Waals surface area contributed by atoms with Crippen LogP contribution in [-0.4, -0.2) is 67.5 Å². The molecule has 0 bridgehead atoms. The van der Waals surface area contributed by atoms with Crippen LogP contribution in [0.1, 0.15) is 47.2 Å². The van der Waals surface area contributed by atoms with Gasteiger partial charge in [-0.2, -0.15) is 0 Å². The second-order valence-electron chi connectivity index (χ2n) is 10.6. The number of Topliss-reactive ketones (excluding diaryl/α,β-unsaturated/α-hetero) is 1. The number of thiophene rings is 1. The zero-order chi connectivity index (χ0) is 30.4. The van der Waals surface area contributed by atoms with Gasteiger partial charge in [0.05, 0.1) is 33.0 Å². The summed E-state index contributed by atoms with van der Waals surface area (Å²) in [6, 6.07) is 13.0. The third kappa shape index (κ3) is 7.07. The smallest absolute Gasteiger partial charge is 0.252 e. The first-order chi connectivity index (χ1) is 20.1. The number of hydrogen-bond donors (Lipinski definition) is 2. The van der Waals surface area contributed by atoms with Gasteiger partial charge in [0.15, 0.2) is 11.5 Å². The maximum atomic E-state index is 13.9. The van der Waals surface area contributed by atoms with E-state index in [1.165, 1.54) is 13.2 Å². The van der Waals surface area contributed by atoms with Crippen molar-refractivity contribution in [2.75, 3.05) is 34.0 Å². The Bertz CT molecular complexity index is 1580. The fourth-order valence-corrected chi connectivity index (χ4v) is 5.38. The number of ether oxygens (including phenoxy) is 4. The maximum Gasteiger partial charge on any atom is 0.252 e. The van der Waals surface area contributed by atoms with E-state index in [0.717, 1.165) is 21.2 Å². The quantitative estimate of drug-likeness (QED) is 0.209. The minimum absolute atomic E-state index is 0.0630. The number of methoxy groups -OCH3 is 2. The first-order valence-electron chi connectivity index (χ1n) is 13.5. The number of ketones is 1. The van der Waals surface area contributed by atoms with Crippen LogP contribution in [0.3, 0.4) is 0 Å². The molecular weight excluding hydrogens is 556 g/mol. The molecule has 4 aromatic rings. The van der Waals surface area contributed by atoms with E-state index in [1.54, 1.807) is 42.7 Å². The highest BCUT2D eigenvalue weighted by molar-refractivity contribution is 7.18. The van der Waals surface area contributed by atoms with Crippen molar-refractivity contribution in [3.05, 3.63) is 70.7 Å². The van der Waals surface area contributed by atoms with Crippen molar-refractivity contribution in [3.8, 4) is 28.5 Å². The lowest BCUT2D eigenvalue weighted by atomic mass is 10.0. The summed E-state index contributed by atoms with van der Waals surface area (Å²) in [6.07, 6.45) is 0. The van der Waals surface area contributed by atoms with Crippen molar-refractivity contribution in [2.45, 2.75) is 39.3 Å². The van der Waals surface area contributed by atoms with Gasteiger partial charge in [0.2, 0.25) is 5.78 Å². The minimum atomic E-state index is -1.02. The fraction of sp³-hybridized carbons (Fsp3) is 0.344. The van der Waals surface area contributed by atoms with Gasteiger partial charge < -0.3 is 29.4 Å². The highest BCUT2D eigenvalue weighted by Crippen LogP contribution is 2.39. The van der Waals surface area contributed by atoms with Gasteiger partial charge >= 0.3 is 0 Å². The van der Waals surface area contributed by atoms with Crippen LogP contribution in [0.2, 0.25) is 0 Å². The SMILES string of the molecule is COc1cc(C(=O)N[C@@H](COC(C)(C)C)C(=O)c2ccc(OC)c(-c3csc4c(C)cccc34)n2)ccc1OCCO. The first kappa shape index (κ1) is 31.0. The van der Waals surface area contributed by atoms with Crippen LogP contribution in [0.5, 0.6) is 17.2 Å². The molecule has 0 aliphatic carbocycles. The number of aromatic nitrogens is 1. The van der Waals surface area contributed by atoms with Gasteiger partial charge in [-0.15, -0.1) is 11.3 Å². The number of pyridine rings is 1. The molecule has 1 amide bonds. The number of aliphatic hydroxyl groups is 1. The standard InChI is InChI=1S/C32H36N2O7S/c1-19-8-7-9-21-22(18-42-30(19)21)28-26(38-5)13-11-23(33-28)29(36)24(17-41-32(2,3)4)34-31(37)20-10-12-25(40-15-14-35)27(16-20)39-6/h7-13,16,18,24,35H,14-15,17H2,1-6H3,(H,34,37)/t24-/m0/s1. The Balaban J connectivity index is 1.67. The number of rotatable bonds is 12. The molecule has 9 nitrogen and oxygen atoms in total. The van der Waals surface area contributed by atoms with Crippen LogP contribution < -0.4 is 19.5 Å². The van der Waals surface area contributed by atoms with Crippen LogP contribution >= 0.6 is 11.3 Å². The van der Waals surface area contributed by atoms with E-state index in [4.69, 9.17) is 29.0 Å². The van der Waals surface area contributed by atoms with E-state index in [9.17, 15) is 9.59 Å². The topological polar surface area (TPSA) is 116 Å². The molecule has 0 saturated carbocycles. The Morgan fingerprint density at radius 1 is 1.02 bits per heavy atom. The van der Waals surface area contributed by atoms with Crippen molar-refractivity contribution in [2.24, 2.45) is 0 Å². The molecule has 0 aliphatic heterocycles. The number of nitrogens with zero attached hydrogens (tertiary/aromatic N) is 1. The fourth-order valence-electron chi connectivity index (χ4n) is 4.35. The average Bonchev–Trinajstić information content (AvgIpc) is 3.42. The summed E-state index contributed by atoms with van der Waals surface area (Å²) in [5, 5.41) is 14.9. The Hall–Kier alpha value is -3.99. The van der Waals surface area contributed by atoms with Gasteiger partial charge in [-0.1, -0.05) is 18.2 Å². The third-order valence-corrected chi connectivity index (χ3v) is 7.59. The average molecular weight is 593 g/mol. The van der Waals surface area contributed by atoms with Crippen molar-refractivity contribution >= 4 is 33.1 Å². The molecular formula is C32H36N2O7S. The monoisotopic (exact) mass is 592 g/mol. The zero-order valence-electron chi connectivity index (χ0n) is 24.6. The van der Waals surface area contributed by atoms with Crippen molar-refractivity contribution in [3.63, 3.8) is 0 Å². The van der Waals surface area contributed by atoms with Crippen LogP contribution in [0.25, 0.3) is 21.3 Å². The van der Waals surface area contributed by atoms with E-state index in [2.05, 4.69) is 18.3 Å². The number of amides is 1. The molecule has 0 aliphatic rings. The summed E-state index contributed by atoms with van der Waals surface area (Å²) in [5.41, 5.74) is 2.45. The molecule has 2 aromatic carbocycles. The Morgan fingerprint density at radius 3 is 2.45 bits per heavy atom. The number of aliphatic hydroxyl groups excluding tert-OH is 1. The first-order valence-corrected chi connectivity index (χ1v) is 14.4. The Labute approximate surface area is 249 Å². The number of nitrogens with one attached hydrogen (secondary N) is 1. The summed E-state index contributed by atoms with van der Waals surface area (Å²) in [4.78, 5) is 32.0. The van der Waals surface area contributed by atoms with Gasteiger partial charge in [-0.25, -0.2) is 4.98 Å². The van der Waals surface area contributed by atoms with Crippen LogP contribution in [-0.2, 0) is 4.74 Å². The summed E-state index contributed by atoms with van der Waals surface area (Å²) in [6.45, 7) is 7.54. The number of carbonyl (C=O) groups is 2. The lowest BCUT2D eigenvalue weighted by Crippen LogP contribution is -2.45. The third-order valence-electron chi connectivity index (χ3n) is 6.46. The summed E-state index contributed by atoms with van der Waals surface area (Å²) < 4.78 is 23.5. The van der Waals surface area contributed by atoms with E-state index < -0.39 is 23.3 Å². The lowest BCUT2D eigenvalue weighted by molar-refractivity contribution is -0.0114. The largest absolute Gasteiger partial charge is 0.494 e. The minimum Gasteiger partial charge on any atom is -0.494 e. The molecule has 0 spiro atoms. The normalized spacial score (nSPS) is 12.2. The molecule has 10 heteroatoms. The van der Waals surface area contributed by atoms with Gasteiger partial charge in [0, 0.05) is 26.6 Å². The second-order valence-corrected chi connectivity index (χ2v) is 11.5. The number of hydrogen-bond acceptors (Lipinski definition) is 9. The molecule has 222 valence electrons. The van der Waals surface area contributed by atoms with Crippen molar-refractivity contribution < 1.29 is 33.6 Å². The molecule has 1 atom stereocenters. The molecule has 0 radical (unpaired) electrons. The van der Waals surface area contributed by atoms with Crippen molar-refractivity contribution in [1.29, 1.82) is 0 Å². The highest BCUT2D eigenvalue weighted by Gasteiger charge is 2.28. The molecule has 0 fully saturated rings. The molecule has 2 aromatic heterocycles. The Kier molecular flexibility index (Phi) is 9.82. The van der Waals surface area contributed by atoms with Crippen LogP contribution in [0.15, 0.2) is 53.9 Å². The molecule has 4 rings (SSSR count). The van der Waals surface area contributed by atoms with E-state index >= 15 is 0 Å². The molecule has 42 heavy (non-hydrogen) atoms. The number of fused-ring (bicyclic) bond motifs is 1. The van der Waals surface area contributed by atoms with Gasteiger partial charge in [-0.05, 0) is 63.6 Å². The lowest BCUT2D eigenvalue weighted by Gasteiger charge is -2.24. The summed E-state index contributed by atoms with van der Waals surface area (Å²) >= 11 is 1.61. The summed E-state index contributed by atoms with van der Waals surface area (Å²) in [5.74, 6) is 0.352. The van der Waals surface area contributed by atoms with E-state index in [-0.39, 0.29) is 31.1 Å². The second kappa shape index (κ2) is 13.3. The van der Waals surface area contributed by atoms with Crippen molar-refractivity contribution in [1.82, 2.24) is 10.3 Å². The maximum absolute atomic E-state index is 13.9. The van der Waals surface area contributed by atoms with Gasteiger partial charge in [0.25, 0.3) is 5.91 Å². The van der Waals surface area contributed by atoms with Gasteiger partial charge in [-0.3, -0.25) is 9.59 Å². The summed E-state index contributed by atoms with van der Waals surface area (Å²) in [7, 11) is 3.02. The number of benzene rings is 2. The van der Waals surface area contributed by atoms with Crippen LogP contribution in [0, 0.1) is 6.92 Å². The van der Waals surface area contributed by atoms with Gasteiger partial charge in [0.1, 0.15) is 29.8 Å². The molecule has 0 saturated heterocycles. The predicted molar refractivity (Wildman–Crippen MR) is 163 cm³/mol. The van der Waals surface area contributed by atoms with E-state index in [0.29, 0.717) is 22.9 Å². The zero-order valence-corrected chi connectivity index (χ0v) is 25.5. The molecule has 2 heterocycles. The Morgan fingerprint density at radius 2 is 1.76 bits per heavy atom.